The van der Waals surface area contributed by atoms with Crippen molar-refractivity contribution in [3.63, 3.8) is 0 Å². The Bertz CT molecular complexity index is 958. The Morgan fingerprint density at radius 3 is 2.14 bits per heavy atom. The third-order valence-electron chi connectivity index (χ3n) is 5.33. The van der Waals surface area contributed by atoms with E-state index in [0.717, 1.165) is 30.6 Å². The van der Waals surface area contributed by atoms with E-state index in [1.807, 2.05) is 30.9 Å². The molecule has 28 heavy (non-hydrogen) atoms. The summed E-state index contributed by atoms with van der Waals surface area (Å²) in [7, 11) is -3.70. The van der Waals surface area contributed by atoms with Gasteiger partial charge in [0.1, 0.15) is 0 Å². The largest absolute Gasteiger partial charge is 0.338 e. The van der Waals surface area contributed by atoms with Crippen LogP contribution in [0.4, 0.5) is 5.69 Å². The minimum absolute atomic E-state index is 0.0375. The number of piperidine rings is 1. The van der Waals surface area contributed by atoms with Crippen molar-refractivity contribution >= 4 is 21.6 Å². The number of amides is 1. The third kappa shape index (κ3) is 4.55. The molecule has 2 atom stereocenters. The van der Waals surface area contributed by atoms with Gasteiger partial charge in [-0.2, -0.15) is 0 Å². The summed E-state index contributed by atoms with van der Waals surface area (Å²) >= 11 is 0. The zero-order chi connectivity index (χ0) is 20.5. The van der Waals surface area contributed by atoms with Crippen LogP contribution in [0.3, 0.4) is 0 Å². The van der Waals surface area contributed by atoms with Crippen LogP contribution in [0, 0.1) is 25.7 Å². The molecule has 2 aromatic rings. The van der Waals surface area contributed by atoms with Gasteiger partial charge >= 0.3 is 0 Å². The molecular weight excluding hydrogens is 372 g/mol. The standard InChI is InChI=1S/C22H28N2O3S/c1-15-11-16(2)14-24(13-15)22(25)19-6-9-21(10-7-19)28(26,27)23-20-8-5-17(3)18(4)12-20/h5-10,12,15-16,23H,11,13-14H2,1-4H3. The van der Waals surface area contributed by atoms with Gasteiger partial charge in [0.15, 0.2) is 0 Å². The fourth-order valence-electron chi connectivity index (χ4n) is 3.81. The minimum atomic E-state index is -3.70. The molecule has 0 saturated carbocycles. The van der Waals surface area contributed by atoms with E-state index in [9.17, 15) is 13.2 Å². The molecule has 3 rings (SSSR count). The lowest BCUT2D eigenvalue weighted by atomic mass is 9.91. The number of hydrogen-bond acceptors (Lipinski definition) is 3. The van der Waals surface area contributed by atoms with E-state index in [4.69, 9.17) is 0 Å². The lowest BCUT2D eigenvalue weighted by Gasteiger charge is -2.35. The Morgan fingerprint density at radius 1 is 0.964 bits per heavy atom. The van der Waals surface area contributed by atoms with Gasteiger partial charge < -0.3 is 4.90 Å². The molecule has 1 amide bonds. The van der Waals surface area contributed by atoms with Crippen molar-refractivity contribution in [2.45, 2.75) is 39.0 Å². The number of benzene rings is 2. The van der Waals surface area contributed by atoms with Crippen LogP contribution >= 0.6 is 0 Å². The summed E-state index contributed by atoms with van der Waals surface area (Å²) in [6, 6.07) is 11.6. The van der Waals surface area contributed by atoms with Crippen LogP contribution in [0.2, 0.25) is 0 Å². The molecule has 1 fully saturated rings. The minimum Gasteiger partial charge on any atom is -0.338 e. The first-order chi connectivity index (χ1) is 13.2. The zero-order valence-electron chi connectivity index (χ0n) is 16.9. The maximum atomic E-state index is 12.8. The van der Waals surface area contributed by atoms with Crippen molar-refractivity contribution in [3.8, 4) is 0 Å². The predicted octanol–water partition coefficient (Wildman–Crippen LogP) is 4.22. The second-order valence-electron chi connectivity index (χ2n) is 8.09. The van der Waals surface area contributed by atoms with Gasteiger partial charge in [0, 0.05) is 24.3 Å². The first-order valence-corrected chi connectivity index (χ1v) is 11.1. The van der Waals surface area contributed by atoms with Crippen LogP contribution in [-0.4, -0.2) is 32.3 Å². The number of anilines is 1. The molecule has 0 aromatic heterocycles. The summed E-state index contributed by atoms with van der Waals surface area (Å²) in [5, 5.41) is 0. The molecule has 5 nitrogen and oxygen atoms in total. The number of hydrogen-bond donors (Lipinski definition) is 1. The maximum Gasteiger partial charge on any atom is 0.261 e. The average molecular weight is 401 g/mol. The number of carbonyl (C=O) groups is 1. The van der Waals surface area contributed by atoms with E-state index in [1.54, 1.807) is 18.2 Å². The highest BCUT2D eigenvalue weighted by atomic mass is 32.2. The van der Waals surface area contributed by atoms with Crippen molar-refractivity contribution in [3.05, 3.63) is 59.2 Å². The molecule has 0 bridgehead atoms. The molecular formula is C22H28N2O3S. The van der Waals surface area contributed by atoms with Crippen LogP contribution in [0.1, 0.15) is 41.8 Å². The van der Waals surface area contributed by atoms with Crippen LogP contribution in [0.5, 0.6) is 0 Å². The van der Waals surface area contributed by atoms with Gasteiger partial charge in [-0.1, -0.05) is 19.9 Å². The molecule has 1 saturated heterocycles. The summed E-state index contributed by atoms with van der Waals surface area (Å²) in [6.07, 6.45) is 1.13. The highest BCUT2D eigenvalue weighted by Gasteiger charge is 2.26. The Morgan fingerprint density at radius 2 is 1.57 bits per heavy atom. The Balaban J connectivity index is 1.75. The molecule has 0 radical (unpaired) electrons. The second-order valence-corrected chi connectivity index (χ2v) is 9.77. The van der Waals surface area contributed by atoms with Crippen LogP contribution in [-0.2, 0) is 10.0 Å². The first kappa shape index (κ1) is 20.4. The summed E-state index contributed by atoms with van der Waals surface area (Å²) in [6.45, 7) is 9.73. The van der Waals surface area contributed by atoms with Gasteiger partial charge in [0.25, 0.3) is 15.9 Å². The lowest BCUT2D eigenvalue weighted by molar-refractivity contribution is 0.0623. The molecule has 150 valence electrons. The zero-order valence-corrected chi connectivity index (χ0v) is 17.7. The molecule has 1 aliphatic heterocycles. The monoisotopic (exact) mass is 400 g/mol. The van der Waals surface area contributed by atoms with Crippen molar-refractivity contribution in [2.24, 2.45) is 11.8 Å². The molecule has 0 spiro atoms. The van der Waals surface area contributed by atoms with Gasteiger partial charge in [-0.15, -0.1) is 0 Å². The van der Waals surface area contributed by atoms with E-state index >= 15 is 0 Å². The number of nitrogens with zero attached hydrogens (tertiary/aromatic N) is 1. The Kier molecular flexibility index (Phi) is 5.79. The van der Waals surface area contributed by atoms with Crippen LogP contribution in [0.15, 0.2) is 47.4 Å². The summed E-state index contributed by atoms with van der Waals surface area (Å²) in [5.74, 6) is 0.925. The molecule has 1 N–H and O–H groups in total. The van der Waals surface area contributed by atoms with E-state index in [1.165, 1.54) is 12.1 Å². The fourth-order valence-corrected chi connectivity index (χ4v) is 4.86. The van der Waals surface area contributed by atoms with Gasteiger partial charge in [-0.3, -0.25) is 9.52 Å². The molecule has 1 aliphatic rings. The Hall–Kier alpha value is -2.34. The number of likely N-dealkylation sites (tertiary alicyclic amines) is 1. The number of carbonyl (C=O) groups excluding carboxylic acids is 1. The van der Waals surface area contributed by atoms with Crippen molar-refractivity contribution in [1.82, 2.24) is 4.90 Å². The number of aryl methyl sites for hydroxylation is 2. The Labute approximate surface area is 167 Å². The summed E-state index contributed by atoms with van der Waals surface area (Å²) in [5.41, 5.74) is 3.17. The van der Waals surface area contributed by atoms with Crippen LogP contribution < -0.4 is 4.72 Å². The molecule has 6 heteroatoms. The second kappa shape index (κ2) is 7.95. The third-order valence-corrected chi connectivity index (χ3v) is 6.72. The van der Waals surface area contributed by atoms with E-state index in [2.05, 4.69) is 18.6 Å². The van der Waals surface area contributed by atoms with Crippen molar-refractivity contribution in [2.75, 3.05) is 17.8 Å². The molecule has 2 unspecified atom stereocenters. The van der Waals surface area contributed by atoms with Crippen molar-refractivity contribution < 1.29 is 13.2 Å². The lowest BCUT2D eigenvalue weighted by Crippen LogP contribution is -2.42. The van der Waals surface area contributed by atoms with E-state index < -0.39 is 10.0 Å². The predicted molar refractivity (Wildman–Crippen MR) is 112 cm³/mol. The summed E-state index contributed by atoms with van der Waals surface area (Å²) in [4.78, 5) is 14.8. The maximum absolute atomic E-state index is 12.8. The topological polar surface area (TPSA) is 66.5 Å². The van der Waals surface area contributed by atoms with Gasteiger partial charge in [0.2, 0.25) is 0 Å². The van der Waals surface area contributed by atoms with E-state index in [0.29, 0.717) is 23.1 Å². The van der Waals surface area contributed by atoms with Gasteiger partial charge in [-0.25, -0.2) is 8.42 Å². The summed E-state index contributed by atoms with van der Waals surface area (Å²) < 4.78 is 27.9. The van der Waals surface area contributed by atoms with Gasteiger partial charge in [0.05, 0.1) is 4.90 Å². The first-order valence-electron chi connectivity index (χ1n) is 9.65. The number of nitrogens with one attached hydrogen (secondary N) is 1. The van der Waals surface area contributed by atoms with E-state index in [-0.39, 0.29) is 10.8 Å². The normalized spacial score (nSPS) is 20.1. The highest BCUT2D eigenvalue weighted by Crippen LogP contribution is 2.24. The molecule has 2 aromatic carbocycles. The smallest absolute Gasteiger partial charge is 0.261 e. The number of rotatable bonds is 4. The fraction of sp³-hybridized carbons (Fsp3) is 0.409. The molecule has 1 heterocycles. The molecule has 0 aliphatic carbocycles. The van der Waals surface area contributed by atoms with Crippen molar-refractivity contribution in [1.29, 1.82) is 0 Å². The van der Waals surface area contributed by atoms with Crippen LogP contribution in [0.25, 0.3) is 0 Å². The quantitative estimate of drug-likeness (QED) is 0.835. The van der Waals surface area contributed by atoms with Gasteiger partial charge in [-0.05, 0) is 79.6 Å². The average Bonchev–Trinajstić information content (AvgIpc) is 2.63. The SMILES string of the molecule is Cc1ccc(NS(=O)(=O)c2ccc(C(=O)N3CC(C)CC(C)C3)cc2)cc1C. The number of sulfonamides is 1. The highest BCUT2D eigenvalue weighted by molar-refractivity contribution is 7.92.